The highest BCUT2D eigenvalue weighted by atomic mass is 16.5. The molecule has 2 aliphatic rings. The molecule has 2 fully saturated rings. The average Bonchev–Trinajstić information content (AvgIpc) is 2.55. The lowest BCUT2D eigenvalue weighted by atomic mass is 9.88. The Kier molecular flexibility index (Phi) is 5.26. The van der Waals surface area contributed by atoms with Gasteiger partial charge >= 0.3 is 6.03 Å². The van der Waals surface area contributed by atoms with Gasteiger partial charge in [0, 0.05) is 36.9 Å². The molecule has 3 rings (SSSR count). The predicted octanol–water partition coefficient (Wildman–Crippen LogP) is 2.15. The van der Waals surface area contributed by atoms with Crippen LogP contribution in [0.4, 0.5) is 10.5 Å². The van der Waals surface area contributed by atoms with Crippen LogP contribution < -0.4 is 10.1 Å². The summed E-state index contributed by atoms with van der Waals surface area (Å²) < 4.78 is 5.14. The highest BCUT2D eigenvalue weighted by Crippen LogP contribution is 2.32. The second-order valence-corrected chi connectivity index (χ2v) is 6.77. The smallest absolute Gasteiger partial charge is 0.321 e. The summed E-state index contributed by atoms with van der Waals surface area (Å²) in [4.78, 5) is 16.9. The maximum atomic E-state index is 12.6. The van der Waals surface area contributed by atoms with E-state index < -0.39 is 0 Å². The minimum absolute atomic E-state index is 0.0536. The first-order chi connectivity index (χ1) is 11.6. The van der Waals surface area contributed by atoms with Crippen molar-refractivity contribution in [2.45, 2.75) is 44.3 Å². The standard InChI is InChI=1S/C18H27N3O3/c1-13-4-3-9-20(11-15-10-16(12-22)21(13)15)18(23)19-14-5-7-17(24-2)8-6-14/h5-8,13,15-16,22H,3-4,9-12H2,1-2H3,(H,19,23)/t13?,15-,16+/m1/s1. The van der Waals surface area contributed by atoms with Crippen LogP contribution in [0.25, 0.3) is 0 Å². The van der Waals surface area contributed by atoms with Gasteiger partial charge in [-0.05, 0) is 50.5 Å². The molecule has 1 unspecified atom stereocenters. The van der Waals surface area contributed by atoms with Gasteiger partial charge in [0.2, 0.25) is 0 Å². The third kappa shape index (κ3) is 3.49. The summed E-state index contributed by atoms with van der Waals surface area (Å²) in [7, 11) is 1.62. The topological polar surface area (TPSA) is 65.0 Å². The van der Waals surface area contributed by atoms with Crippen LogP contribution in [0.1, 0.15) is 26.2 Å². The Balaban J connectivity index is 1.62. The summed E-state index contributed by atoms with van der Waals surface area (Å²) in [6.45, 7) is 3.93. The summed E-state index contributed by atoms with van der Waals surface area (Å²) in [6.07, 6.45) is 3.00. The lowest BCUT2D eigenvalue weighted by molar-refractivity contribution is -0.0632. The third-order valence-corrected chi connectivity index (χ3v) is 5.22. The number of amides is 2. The molecule has 0 aliphatic carbocycles. The van der Waals surface area contributed by atoms with E-state index in [0.29, 0.717) is 12.1 Å². The van der Waals surface area contributed by atoms with E-state index in [0.717, 1.165) is 43.8 Å². The molecule has 0 radical (unpaired) electrons. The first kappa shape index (κ1) is 17.0. The molecule has 1 aromatic rings. The number of methoxy groups -OCH3 is 1. The molecular formula is C18H27N3O3. The Hall–Kier alpha value is -1.79. The Morgan fingerprint density at radius 1 is 1.38 bits per heavy atom. The number of carbonyl (C=O) groups excluding carboxylic acids is 1. The van der Waals surface area contributed by atoms with Crippen molar-refractivity contribution in [1.29, 1.82) is 0 Å². The van der Waals surface area contributed by atoms with Gasteiger partial charge in [0.25, 0.3) is 0 Å². The molecule has 6 heteroatoms. The van der Waals surface area contributed by atoms with Crippen molar-refractivity contribution in [2.24, 2.45) is 0 Å². The van der Waals surface area contributed by atoms with E-state index in [9.17, 15) is 9.90 Å². The zero-order valence-electron chi connectivity index (χ0n) is 14.4. The van der Waals surface area contributed by atoms with Crippen molar-refractivity contribution < 1.29 is 14.6 Å². The zero-order valence-corrected chi connectivity index (χ0v) is 14.4. The minimum atomic E-state index is -0.0536. The summed E-state index contributed by atoms with van der Waals surface area (Å²) in [6, 6.07) is 8.42. The largest absolute Gasteiger partial charge is 0.497 e. The number of hydrogen-bond donors (Lipinski definition) is 2. The highest BCUT2D eigenvalue weighted by Gasteiger charge is 2.42. The van der Waals surface area contributed by atoms with Crippen molar-refractivity contribution >= 4 is 11.7 Å². The van der Waals surface area contributed by atoms with Gasteiger partial charge < -0.3 is 20.1 Å². The lowest BCUT2D eigenvalue weighted by Gasteiger charge is -2.53. The number of fused-ring (bicyclic) bond motifs is 1. The van der Waals surface area contributed by atoms with Crippen LogP contribution in [0.2, 0.25) is 0 Å². The van der Waals surface area contributed by atoms with Crippen LogP contribution in [0.3, 0.4) is 0 Å². The highest BCUT2D eigenvalue weighted by molar-refractivity contribution is 5.89. The summed E-state index contributed by atoms with van der Waals surface area (Å²) >= 11 is 0. The number of nitrogens with zero attached hydrogens (tertiary/aromatic N) is 2. The number of carbonyl (C=O) groups is 1. The van der Waals surface area contributed by atoms with E-state index in [1.54, 1.807) is 7.11 Å². The Bertz CT molecular complexity index is 563. The van der Waals surface area contributed by atoms with Gasteiger partial charge in [0.05, 0.1) is 13.7 Å². The van der Waals surface area contributed by atoms with E-state index >= 15 is 0 Å². The van der Waals surface area contributed by atoms with Crippen LogP contribution in [0, 0.1) is 0 Å². The molecule has 24 heavy (non-hydrogen) atoms. The molecule has 2 heterocycles. The number of hydrogen-bond acceptors (Lipinski definition) is 4. The second-order valence-electron chi connectivity index (χ2n) is 6.77. The quantitative estimate of drug-likeness (QED) is 0.889. The van der Waals surface area contributed by atoms with Crippen LogP contribution in [0.5, 0.6) is 5.75 Å². The maximum Gasteiger partial charge on any atom is 0.321 e. The van der Waals surface area contributed by atoms with Gasteiger partial charge in [-0.25, -0.2) is 4.79 Å². The molecule has 2 saturated heterocycles. The van der Waals surface area contributed by atoms with Crippen molar-refractivity contribution in [3.63, 3.8) is 0 Å². The molecule has 1 aromatic carbocycles. The molecule has 3 atom stereocenters. The Morgan fingerprint density at radius 3 is 2.79 bits per heavy atom. The molecule has 0 aromatic heterocycles. The van der Waals surface area contributed by atoms with Gasteiger partial charge in [0.15, 0.2) is 0 Å². The zero-order chi connectivity index (χ0) is 17.1. The molecule has 6 nitrogen and oxygen atoms in total. The van der Waals surface area contributed by atoms with Crippen LogP contribution in [-0.4, -0.2) is 65.9 Å². The number of aliphatic hydroxyl groups excluding tert-OH is 1. The Morgan fingerprint density at radius 2 is 2.12 bits per heavy atom. The number of benzene rings is 1. The first-order valence-electron chi connectivity index (χ1n) is 8.70. The van der Waals surface area contributed by atoms with Gasteiger partial charge in [-0.2, -0.15) is 0 Å². The molecule has 2 aliphatic heterocycles. The number of rotatable bonds is 3. The van der Waals surface area contributed by atoms with Gasteiger partial charge in [-0.1, -0.05) is 0 Å². The second kappa shape index (κ2) is 7.40. The number of aliphatic hydroxyl groups is 1. The van der Waals surface area contributed by atoms with E-state index in [4.69, 9.17) is 4.74 Å². The summed E-state index contributed by atoms with van der Waals surface area (Å²) in [5.74, 6) is 0.772. The molecule has 2 N–H and O–H groups in total. The van der Waals surface area contributed by atoms with Crippen molar-refractivity contribution in [3.05, 3.63) is 24.3 Å². The molecular weight excluding hydrogens is 306 g/mol. The maximum absolute atomic E-state index is 12.6. The molecule has 2 amide bonds. The lowest BCUT2D eigenvalue weighted by Crippen LogP contribution is -2.65. The Labute approximate surface area is 143 Å². The van der Waals surface area contributed by atoms with Crippen LogP contribution >= 0.6 is 0 Å². The average molecular weight is 333 g/mol. The van der Waals surface area contributed by atoms with Crippen LogP contribution in [-0.2, 0) is 0 Å². The van der Waals surface area contributed by atoms with Crippen molar-refractivity contribution in [1.82, 2.24) is 9.80 Å². The van der Waals surface area contributed by atoms with Gasteiger partial charge in [-0.3, -0.25) is 4.90 Å². The molecule has 0 spiro atoms. The van der Waals surface area contributed by atoms with Crippen LogP contribution in [0.15, 0.2) is 24.3 Å². The monoisotopic (exact) mass is 333 g/mol. The summed E-state index contributed by atoms with van der Waals surface area (Å²) in [5, 5.41) is 12.4. The predicted molar refractivity (Wildman–Crippen MR) is 93.4 cm³/mol. The fourth-order valence-electron chi connectivity index (χ4n) is 3.91. The van der Waals surface area contributed by atoms with Gasteiger partial charge in [-0.15, -0.1) is 0 Å². The SMILES string of the molecule is COc1ccc(NC(=O)N2CCCC(C)N3[C@H](CO)C[C@@H]3C2)cc1. The van der Waals surface area contributed by atoms with E-state index in [1.165, 1.54) is 0 Å². The van der Waals surface area contributed by atoms with E-state index in [1.807, 2.05) is 29.2 Å². The third-order valence-electron chi connectivity index (χ3n) is 5.22. The number of urea groups is 1. The number of anilines is 1. The molecule has 0 saturated carbocycles. The normalized spacial score (nSPS) is 27.5. The minimum Gasteiger partial charge on any atom is -0.497 e. The number of nitrogens with one attached hydrogen (secondary N) is 1. The molecule has 132 valence electrons. The summed E-state index contributed by atoms with van der Waals surface area (Å²) in [5.41, 5.74) is 0.773. The first-order valence-corrected chi connectivity index (χ1v) is 8.70. The van der Waals surface area contributed by atoms with E-state index in [-0.39, 0.29) is 18.7 Å². The van der Waals surface area contributed by atoms with Crippen molar-refractivity contribution in [3.8, 4) is 5.75 Å². The number of ether oxygens (including phenoxy) is 1. The van der Waals surface area contributed by atoms with E-state index in [2.05, 4.69) is 17.1 Å². The fourth-order valence-corrected chi connectivity index (χ4v) is 3.91. The van der Waals surface area contributed by atoms with Gasteiger partial charge in [0.1, 0.15) is 5.75 Å². The fraction of sp³-hybridized carbons (Fsp3) is 0.611. The van der Waals surface area contributed by atoms with Crippen molar-refractivity contribution in [2.75, 3.05) is 32.1 Å². The molecule has 0 bridgehead atoms.